The molecule has 0 spiro atoms. The standard InChI is InChI=1S/C20H19F2N3O/c21-17-3-1-4-18(22)19(17)20(26)25-10-2-9-24(11-12-25)14-16-7-5-15(13-23)6-8-16/h1,3-8H,2,9-12,14H2. The summed E-state index contributed by atoms with van der Waals surface area (Å²) in [5, 5.41) is 8.85. The third-order valence-electron chi connectivity index (χ3n) is 4.54. The predicted molar refractivity (Wildman–Crippen MR) is 93.3 cm³/mol. The Balaban J connectivity index is 1.64. The van der Waals surface area contributed by atoms with Gasteiger partial charge in [-0.05, 0) is 36.2 Å². The number of benzene rings is 2. The fourth-order valence-electron chi connectivity index (χ4n) is 3.14. The van der Waals surface area contributed by atoms with Crippen LogP contribution in [0.5, 0.6) is 0 Å². The lowest BCUT2D eigenvalue weighted by atomic mass is 10.1. The van der Waals surface area contributed by atoms with Gasteiger partial charge in [-0.25, -0.2) is 8.78 Å². The zero-order valence-corrected chi connectivity index (χ0v) is 14.3. The van der Waals surface area contributed by atoms with Crippen molar-refractivity contribution in [2.24, 2.45) is 0 Å². The molecular formula is C20H19F2N3O. The fourth-order valence-corrected chi connectivity index (χ4v) is 3.14. The third kappa shape index (κ3) is 4.06. The first-order chi connectivity index (χ1) is 12.6. The minimum absolute atomic E-state index is 0.420. The summed E-state index contributed by atoms with van der Waals surface area (Å²) in [5.41, 5.74) is 1.23. The van der Waals surface area contributed by atoms with Gasteiger partial charge in [0.05, 0.1) is 11.6 Å². The van der Waals surface area contributed by atoms with Gasteiger partial charge in [0, 0.05) is 32.7 Å². The number of hydrogen-bond acceptors (Lipinski definition) is 3. The Hall–Kier alpha value is -2.78. The van der Waals surface area contributed by atoms with E-state index in [1.807, 2.05) is 12.1 Å². The third-order valence-corrected chi connectivity index (χ3v) is 4.54. The molecule has 134 valence electrons. The number of carbonyl (C=O) groups is 1. The zero-order chi connectivity index (χ0) is 18.5. The molecule has 0 radical (unpaired) electrons. The van der Waals surface area contributed by atoms with Gasteiger partial charge in [-0.2, -0.15) is 5.26 Å². The molecule has 4 nitrogen and oxygen atoms in total. The van der Waals surface area contributed by atoms with Crippen LogP contribution in [0.2, 0.25) is 0 Å². The summed E-state index contributed by atoms with van der Waals surface area (Å²) >= 11 is 0. The van der Waals surface area contributed by atoms with E-state index in [0.717, 1.165) is 30.7 Å². The molecule has 0 aliphatic carbocycles. The fraction of sp³-hybridized carbons (Fsp3) is 0.300. The molecule has 3 rings (SSSR count). The highest BCUT2D eigenvalue weighted by atomic mass is 19.1. The maximum Gasteiger partial charge on any atom is 0.259 e. The van der Waals surface area contributed by atoms with Crippen LogP contribution in [0.25, 0.3) is 0 Å². The Morgan fingerprint density at radius 3 is 2.35 bits per heavy atom. The second kappa shape index (κ2) is 8.07. The molecule has 0 aromatic heterocycles. The highest BCUT2D eigenvalue weighted by Crippen LogP contribution is 2.17. The number of rotatable bonds is 3. The summed E-state index contributed by atoms with van der Waals surface area (Å²) in [4.78, 5) is 16.2. The number of carbonyl (C=O) groups excluding carboxylic acids is 1. The average Bonchev–Trinajstić information content (AvgIpc) is 2.88. The van der Waals surface area contributed by atoms with Gasteiger partial charge >= 0.3 is 0 Å². The molecule has 1 amide bonds. The minimum atomic E-state index is -0.825. The van der Waals surface area contributed by atoms with Crippen LogP contribution in [0.1, 0.15) is 27.9 Å². The lowest BCUT2D eigenvalue weighted by Crippen LogP contribution is -2.36. The van der Waals surface area contributed by atoms with E-state index >= 15 is 0 Å². The smallest absolute Gasteiger partial charge is 0.259 e. The Labute approximate surface area is 151 Å². The molecular weight excluding hydrogens is 336 g/mol. The van der Waals surface area contributed by atoms with Crippen LogP contribution in [-0.4, -0.2) is 41.9 Å². The van der Waals surface area contributed by atoms with Crippen LogP contribution in [0.3, 0.4) is 0 Å². The molecule has 1 fully saturated rings. The van der Waals surface area contributed by atoms with Gasteiger partial charge in [-0.1, -0.05) is 18.2 Å². The first kappa shape index (κ1) is 18.0. The van der Waals surface area contributed by atoms with E-state index in [-0.39, 0.29) is 0 Å². The second-order valence-corrected chi connectivity index (χ2v) is 6.33. The number of nitriles is 1. The largest absolute Gasteiger partial charge is 0.337 e. The number of halogens is 2. The monoisotopic (exact) mass is 355 g/mol. The molecule has 2 aromatic rings. The van der Waals surface area contributed by atoms with E-state index in [4.69, 9.17) is 5.26 Å². The van der Waals surface area contributed by atoms with Crippen molar-refractivity contribution in [1.29, 1.82) is 5.26 Å². The predicted octanol–water partition coefficient (Wildman–Crippen LogP) is 3.18. The highest BCUT2D eigenvalue weighted by Gasteiger charge is 2.25. The molecule has 0 bridgehead atoms. The molecule has 0 N–H and O–H groups in total. The number of amides is 1. The van der Waals surface area contributed by atoms with E-state index in [9.17, 15) is 13.6 Å². The van der Waals surface area contributed by atoms with Crippen molar-refractivity contribution in [2.75, 3.05) is 26.2 Å². The zero-order valence-electron chi connectivity index (χ0n) is 14.3. The Morgan fingerprint density at radius 2 is 1.69 bits per heavy atom. The van der Waals surface area contributed by atoms with Gasteiger partial charge in [-0.3, -0.25) is 9.69 Å². The van der Waals surface area contributed by atoms with Crippen molar-refractivity contribution in [3.63, 3.8) is 0 Å². The topological polar surface area (TPSA) is 47.3 Å². The molecule has 1 aliphatic rings. The first-order valence-corrected chi connectivity index (χ1v) is 8.53. The summed E-state index contributed by atoms with van der Waals surface area (Å²) in [6, 6.07) is 12.9. The van der Waals surface area contributed by atoms with Crippen molar-refractivity contribution >= 4 is 5.91 Å². The normalized spacial score (nSPS) is 15.3. The van der Waals surface area contributed by atoms with Crippen LogP contribution in [0, 0.1) is 23.0 Å². The van der Waals surface area contributed by atoms with Crippen molar-refractivity contribution in [1.82, 2.24) is 9.80 Å². The number of hydrogen-bond donors (Lipinski definition) is 0. The van der Waals surface area contributed by atoms with E-state index < -0.39 is 23.1 Å². The van der Waals surface area contributed by atoms with Crippen molar-refractivity contribution in [2.45, 2.75) is 13.0 Å². The van der Waals surface area contributed by atoms with E-state index in [1.165, 1.54) is 11.0 Å². The molecule has 1 saturated heterocycles. The molecule has 0 unspecified atom stereocenters. The summed E-state index contributed by atoms with van der Waals surface area (Å²) < 4.78 is 27.7. The lowest BCUT2D eigenvalue weighted by Gasteiger charge is -2.22. The van der Waals surface area contributed by atoms with Gasteiger partial charge in [0.25, 0.3) is 5.91 Å². The van der Waals surface area contributed by atoms with Crippen LogP contribution < -0.4 is 0 Å². The quantitative estimate of drug-likeness (QED) is 0.850. The minimum Gasteiger partial charge on any atom is -0.337 e. The lowest BCUT2D eigenvalue weighted by molar-refractivity contribution is 0.0751. The van der Waals surface area contributed by atoms with E-state index in [1.54, 1.807) is 12.1 Å². The molecule has 6 heteroatoms. The first-order valence-electron chi connectivity index (χ1n) is 8.53. The summed E-state index contributed by atoms with van der Waals surface area (Å²) in [6.07, 6.45) is 0.734. The van der Waals surface area contributed by atoms with Crippen LogP contribution in [0.15, 0.2) is 42.5 Å². The Morgan fingerprint density at radius 1 is 1.00 bits per heavy atom. The SMILES string of the molecule is N#Cc1ccc(CN2CCCN(C(=O)c3c(F)cccc3F)CC2)cc1. The van der Waals surface area contributed by atoms with Gasteiger partial charge in [0.15, 0.2) is 0 Å². The summed E-state index contributed by atoms with van der Waals surface area (Å²) in [6.45, 7) is 3.02. The molecule has 1 heterocycles. The van der Waals surface area contributed by atoms with Crippen LogP contribution in [-0.2, 0) is 6.54 Å². The molecule has 2 aromatic carbocycles. The van der Waals surface area contributed by atoms with Crippen LogP contribution >= 0.6 is 0 Å². The molecule has 1 aliphatic heterocycles. The summed E-state index contributed by atoms with van der Waals surface area (Å²) in [7, 11) is 0. The Bertz CT molecular complexity index is 810. The van der Waals surface area contributed by atoms with Crippen molar-refractivity contribution in [3.8, 4) is 6.07 Å². The van der Waals surface area contributed by atoms with Gasteiger partial charge < -0.3 is 4.90 Å². The maximum absolute atomic E-state index is 13.9. The van der Waals surface area contributed by atoms with Gasteiger partial charge in [0.2, 0.25) is 0 Å². The van der Waals surface area contributed by atoms with Crippen LogP contribution in [0.4, 0.5) is 8.78 Å². The number of nitrogens with zero attached hydrogens (tertiary/aromatic N) is 3. The maximum atomic E-state index is 13.9. The molecule has 0 saturated carbocycles. The van der Waals surface area contributed by atoms with Crippen molar-refractivity contribution in [3.05, 3.63) is 70.8 Å². The molecule has 26 heavy (non-hydrogen) atoms. The van der Waals surface area contributed by atoms with E-state index in [0.29, 0.717) is 31.7 Å². The second-order valence-electron chi connectivity index (χ2n) is 6.33. The van der Waals surface area contributed by atoms with Gasteiger partial charge in [0.1, 0.15) is 17.2 Å². The van der Waals surface area contributed by atoms with Gasteiger partial charge in [-0.15, -0.1) is 0 Å². The summed E-state index contributed by atoms with van der Waals surface area (Å²) in [5.74, 6) is -2.25. The average molecular weight is 355 g/mol. The van der Waals surface area contributed by atoms with Crippen molar-refractivity contribution < 1.29 is 13.6 Å². The Kier molecular flexibility index (Phi) is 5.59. The highest BCUT2D eigenvalue weighted by molar-refractivity contribution is 5.94. The van der Waals surface area contributed by atoms with E-state index in [2.05, 4.69) is 11.0 Å². The molecule has 0 atom stereocenters.